The summed E-state index contributed by atoms with van der Waals surface area (Å²) in [5, 5.41) is 0. The van der Waals surface area contributed by atoms with E-state index in [4.69, 9.17) is 0 Å². The second-order valence-corrected chi connectivity index (χ2v) is 7.21. The molecule has 8 heteroatoms. The molecule has 1 aliphatic heterocycles. The molecule has 2 heterocycles. The average Bonchev–Trinajstić information content (AvgIpc) is 3.10. The van der Waals surface area contributed by atoms with E-state index in [2.05, 4.69) is 21.3 Å². The normalized spacial score (nSPS) is 19.5. The molecule has 1 fully saturated rings. The molecular formula is C14H23N3O4S. The minimum atomic E-state index is -3.63. The maximum absolute atomic E-state index is 12.4. The van der Waals surface area contributed by atoms with Gasteiger partial charge in [0.15, 0.2) is 0 Å². The number of hydrogen-bond donors (Lipinski definition) is 1. The van der Waals surface area contributed by atoms with E-state index in [0.717, 1.165) is 25.9 Å². The first-order chi connectivity index (χ1) is 10.4. The Morgan fingerprint density at radius 2 is 2.23 bits per heavy atom. The largest absolute Gasteiger partial charge is 0.464 e. The maximum atomic E-state index is 12.4. The van der Waals surface area contributed by atoms with Crippen molar-refractivity contribution in [3.63, 3.8) is 0 Å². The predicted octanol–water partition coefficient (Wildman–Crippen LogP) is 0.574. The molecule has 0 spiro atoms. The van der Waals surface area contributed by atoms with Gasteiger partial charge in [-0.3, -0.25) is 4.90 Å². The molecular weight excluding hydrogens is 306 g/mol. The van der Waals surface area contributed by atoms with Crippen LogP contribution in [-0.2, 0) is 21.8 Å². The molecule has 1 atom stereocenters. The van der Waals surface area contributed by atoms with Gasteiger partial charge >= 0.3 is 5.97 Å². The number of aromatic nitrogens is 1. The Labute approximate surface area is 131 Å². The average molecular weight is 329 g/mol. The Balaban J connectivity index is 2.09. The highest BCUT2D eigenvalue weighted by atomic mass is 32.2. The number of esters is 1. The Morgan fingerprint density at radius 3 is 2.86 bits per heavy atom. The minimum absolute atomic E-state index is 0.0800. The number of hydrogen-bond acceptors (Lipinski definition) is 5. The fraction of sp³-hybridized carbons (Fsp3) is 0.643. The van der Waals surface area contributed by atoms with Crippen molar-refractivity contribution in [3.8, 4) is 0 Å². The van der Waals surface area contributed by atoms with Crippen molar-refractivity contribution in [1.29, 1.82) is 0 Å². The van der Waals surface area contributed by atoms with Crippen molar-refractivity contribution < 1.29 is 17.9 Å². The van der Waals surface area contributed by atoms with Crippen molar-refractivity contribution in [1.82, 2.24) is 14.2 Å². The van der Waals surface area contributed by atoms with Crippen LogP contribution in [0.5, 0.6) is 0 Å². The Kier molecular flexibility index (Phi) is 5.25. The Bertz CT molecular complexity index is 639. The number of nitrogens with zero attached hydrogens (tertiary/aromatic N) is 2. The standard InChI is InChI=1S/C14H23N3O4S/c1-4-17-7-5-6-11(17)9-15-22(19,20)12-8-13(14(18)21-3)16(2)10-12/h8,10-11,15H,4-7,9H2,1-3H3. The Hall–Kier alpha value is -1.38. The summed E-state index contributed by atoms with van der Waals surface area (Å²) in [7, 11) is -0.751. The van der Waals surface area contributed by atoms with Crippen molar-refractivity contribution in [3.05, 3.63) is 18.0 Å². The highest BCUT2D eigenvalue weighted by Crippen LogP contribution is 2.18. The van der Waals surface area contributed by atoms with Crippen LogP contribution in [0.3, 0.4) is 0 Å². The number of methoxy groups -OCH3 is 1. The second kappa shape index (κ2) is 6.80. The lowest BCUT2D eigenvalue weighted by atomic mass is 10.2. The minimum Gasteiger partial charge on any atom is -0.464 e. The quantitative estimate of drug-likeness (QED) is 0.772. The van der Waals surface area contributed by atoms with Crippen LogP contribution in [0.4, 0.5) is 0 Å². The molecule has 7 nitrogen and oxygen atoms in total. The fourth-order valence-electron chi connectivity index (χ4n) is 2.82. The number of aryl methyl sites for hydroxylation is 1. The van der Waals surface area contributed by atoms with E-state index in [1.807, 2.05) is 0 Å². The highest BCUT2D eigenvalue weighted by Gasteiger charge is 2.26. The number of likely N-dealkylation sites (N-methyl/N-ethyl adjacent to an activating group) is 1. The summed E-state index contributed by atoms with van der Waals surface area (Å²) in [6.07, 6.45) is 3.51. The maximum Gasteiger partial charge on any atom is 0.354 e. The van der Waals surface area contributed by atoms with Crippen molar-refractivity contribution in [2.75, 3.05) is 26.7 Å². The summed E-state index contributed by atoms with van der Waals surface area (Å²) in [6, 6.07) is 1.57. The zero-order valence-corrected chi connectivity index (χ0v) is 14.0. The number of rotatable bonds is 6. The molecule has 1 aliphatic rings. The number of carbonyl (C=O) groups is 1. The molecule has 0 aromatic carbocycles. The van der Waals surface area contributed by atoms with Gasteiger partial charge in [0.2, 0.25) is 10.0 Å². The molecule has 1 unspecified atom stereocenters. The molecule has 0 bridgehead atoms. The number of carbonyl (C=O) groups excluding carboxylic acids is 1. The first-order valence-electron chi connectivity index (χ1n) is 7.37. The molecule has 2 rings (SSSR count). The fourth-order valence-corrected chi connectivity index (χ4v) is 3.96. The van der Waals surface area contributed by atoms with Crippen molar-refractivity contribution >= 4 is 16.0 Å². The lowest BCUT2D eigenvalue weighted by Gasteiger charge is -2.22. The molecule has 0 saturated carbocycles. The first kappa shape index (κ1) is 17.0. The lowest BCUT2D eigenvalue weighted by molar-refractivity contribution is 0.0590. The number of sulfonamides is 1. The molecule has 1 N–H and O–H groups in total. The Morgan fingerprint density at radius 1 is 1.50 bits per heavy atom. The van der Waals surface area contributed by atoms with Gasteiger partial charge in [0.05, 0.1) is 7.11 Å². The third-order valence-electron chi connectivity index (χ3n) is 4.10. The van der Waals surface area contributed by atoms with Crippen LogP contribution in [0, 0.1) is 0 Å². The predicted molar refractivity (Wildman–Crippen MR) is 82.2 cm³/mol. The monoisotopic (exact) mass is 329 g/mol. The third-order valence-corrected chi connectivity index (χ3v) is 5.49. The van der Waals surface area contributed by atoms with Gasteiger partial charge in [-0.25, -0.2) is 17.9 Å². The first-order valence-corrected chi connectivity index (χ1v) is 8.85. The van der Waals surface area contributed by atoms with Gasteiger partial charge in [-0.2, -0.15) is 0 Å². The van der Waals surface area contributed by atoms with Crippen LogP contribution in [0.25, 0.3) is 0 Å². The molecule has 0 amide bonds. The van der Waals surface area contributed by atoms with E-state index in [9.17, 15) is 13.2 Å². The van der Waals surface area contributed by atoms with Gasteiger partial charge in [0.1, 0.15) is 10.6 Å². The lowest BCUT2D eigenvalue weighted by Crippen LogP contribution is -2.39. The second-order valence-electron chi connectivity index (χ2n) is 5.44. The van der Waals surface area contributed by atoms with Crippen molar-refractivity contribution in [2.45, 2.75) is 30.7 Å². The van der Waals surface area contributed by atoms with Gasteiger partial charge < -0.3 is 9.30 Å². The van der Waals surface area contributed by atoms with Crippen LogP contribution >= 0.6 is 0 Å². The topological polar surface area (TPSA) is 80.6 Å². The summed E-state index contributed by atoms with van der Waals surface area (Å²) in [5.41, 5.74) is 0.207. The van der Waals surface area contributed by atoms with Crippen LogP contribution in [0.2, 0.25) is 0 Å². The van der Waals surface area contributed by atoms with Gasteiger partial charge in [-0.05, 0) is 32.0 Å². The zero-order valence-electron chi connectivity index (χ0n) is 13.2. The number of ether oxygens (including phenoxy) is 1. The van der Waals surface area contributed by atoms with Crippen LogP contribution in [-0.4, -0.2) is 56.6 Å². The summed E-state index contributed by atoms with van der Waals surface area (Å²) < 4.78 is 33.5. The zero-order chi connectivity index (χ0) is 16.3. The van der Waals surface area contributed by atoms with E-state index in [-0.39, 0.29) is 16.6 Å². The number of likely N-dealkylation sites (tertiary alicyclic amines) is 1. The van der Waals surface area contributed by atoms with E-state index >= 15 is 0 Å². The summed E-state index contributed by atoms with van der Waals surface area (Å²) in [5.74, 6) is -0.558. The molecule has 1 aromatic heterocycles. The summed E-state index contributed by atoms with van der Waals surface area (Å²) in [6.45, 7) is 4.40. The van der Waals surface area contributed by atoms with Gasteiger partial charge in [-0.1, -0.05) is 6.92 Å². The highest BCUT2D eigenvalue weighted by molar-refractivity contribution is 7.89. The third kappa shape index (κ3) is 3.50. The SMILES string of the molecule is CCN1CCCC1CNS(=O)(=O)c1cc(C(=O)OC)n(C)c1. The summed E-state index contributed by atoms with van der Waals surface area (Å²) >= 11 is 0. The smallest absolute Gasteiger partial charge is 0.354 e. The van der Waals surface area contributed by atoms with Crippen LogP contribution in [0.15, 0.2) is 17.2 Å². The van der Waals surface area contributed by atoms with Gasteiger partial charge in [0.25, 0.3) is 0 Å². The summed E-state index contributed by atoms with van der Waals surface area (Å²) in [4.78, 5) is 13.9. The number of nitrogens with one attached hydrogen (secondary N) is 1. The molecule has 0 radical (unpaired) electrons. The molecule has 0 aliphatic carbocycles. The van der Waals surface area contributed by atoms with E-state index in [1.165, 1.54) is 23.9 Å². The molecule has 1 saturated heterocycles. The van der Waals surface area contributed by atoms with Crippen LogP contribution < -0.4 is 4.72 Å². The van der Waals surface area contributed by atoms with E-state index < -0.39 is 16.0 Å². The van der Waals surface area contributed by atoms with Crippen LogP contribution in [0.1, 0.15) is 30.3 Å². The van der Waals surface area contributed by atoms with Gasteiger partial charge in [-0.15, -0.1) is 0 Å². The molecule has 22 heavy (non-hydrogen) atoms. The van der Waals surface area contributed by atoms with E-state index in [1.54, 1.807) is 7.05 Å². The van der Waals surface area contributed by atoms with Crippen molar-refractivity contribution in [2.24, 2.45) is 7.05 Å². The van der Waals surface area contributed by atoms with E-state index in [0.29, 0.717) is 6.54 Å². The van der Waals surface area contributed by atoms with Gasteiger partial charge in [0, 0.05) is 25.8 Å². The molecule has 1 aromatic rings. The molecule has 124 valence electrons.